The van der Waals surface area contributed by atoms with Gasteiger partial charge in [-0.25, -0.2) is 4.98 Å². The molecule has 2 N–H and O–H groups in total. The monoisotopic (exact) mass is 276 g/mol. The van der Waals surface area contributed by atoms with Crippen molar-refractivity contribution in [2.75, 3.05) is 0 Å². The van der Waals surface area contributed by atoms with Crippen LogP contribution in [0.3, 0.4) is 0 Å². The lowest BCUT2D eigenvalue weighted by Crippen LogP contribution is -2.11. The summed E-state index contributed by atoms with van der Waals surface area (Å²) in [5.41, 5.74) is 8.12. The maximum atomic E-state index is 5.90. The summed E-state index contributed by atoms with van der Waals surface area (Å²) in [7, 11) is 0. The Kier molecular flexibility index (Phi) is 3.46. The van der Waals surface area contributed by atoms with Gasteiger partial charge in [-0.15, -0.1) is 0 Å². The van der Waals surface area contributed by atoms with Gasteiger partial charge in [0.2, 0.25) is 0 Å². The number of rotatable bonds is 2. The van der Waals surface area contributed by atoms with Gasteiger partial charge in [0.25, 0.3) is 0 Å². The largest absolute Gasteiger partial charge is 0.324 e. The number of aromatic nitrogens is 1. The smallest absolute Gasteiger partial charge is 0.101 e. The lowest BCUT2D eigenvalue weighted by atomic mass is 10.0. The summed E-state index contributed by atoms with van der Waals surface area (Å²) in [6.45, 7) is 4.09. The van der Waals surface area contributed by atoms with Gasteiger partial charge < -0.3 is 5.73 Å². The van der Waals surface area contributed by atoms with Crippen LogP contribution < -0.4 is 5.73 Å². The number of hydrogen-bond donors (Lipinski definition) is 1. The molecular formula is C9H13IN2. The average molecular weight is 276 g/mol. The SMILES string of the molecule is CC[C@H](N)c1ccc(I)nc1C. The number of nitrogens with zero attached hydrogens (tertiary/aromatic N) is 1. The van der Waals surface area contributed by atoms with E-state index in [4.69, 9.17) is 5.73 Å². The van der Waals surface area contributed by atoms with Crippen LogP contribution in [-0.2, 0) is 0 Å². The molecule has 1 rings (SSSR count). The van der Waals surface area contributed by atoms with Crippen LogP contribution in [0, 0.1) is 10.6 Å². The van der Waals surface area contributed by atoms with Crippen LogP contribution in [0.25, 0.3) is 0 Å². The molecule has 0 fully saturated rings. The van der Waals surface area contributed by atoms with Gasteiger partial charge in [0, 0.05) is 11.7 Å². The standard InChI is InChI=1S/C9H13IN2/c1-3-8(11)7-4-5-9(10)12-6(7)2/h4-5,8H,3,11H2,1-2H3/t8-/m0/s1. The summed E-state index contributed by atoms with van der Waals surface area (Å²) in [5.74, 6) is 0. The molecule has 1 atom stereocenters. The second-order valence-electron chi connectivity index (χ2n) is 2.82. The molecular weight excluding hydrogens is 263 g/mol. The van der Waals surface area contributed by atoms with Crippen LogP contribution in [0.4, 0.5) is 0 Å². The number of halogens is 1. The molecule has 0 spiro atoms. The summed E-state index contributed by atoms with van der Waals surface area (Å²) in [5, 5.41) is 0. The second-order valence-corrected chi connectivity index (χ2v) is 3.93. The van der Waals surface area contributed by atoms with Gasteiger partial charge in [-0.1, -0.05) is 13.0 Å². The lowest BCUT2D eigenvalue weighted by molar-refractivity contribution is 0.688. The third-order valence-corrected chi connectivity index (χ3v) is 2.53. The minimum atomic E-state index is 0.134. The molecule has 0 aliphatic carbocycles. The molecule has 12 heavy (non-hydrogen) atoms. The zero-order valence-electron chi connectivity index (χ0n) is 7.34. The molecule has 0 saturated heterocycles. The van der Waals surface area contributed by atoms with Crippen LogP contribution in [-0.4, -0.2) is 4.98 Å². The molecule has 0 unspecified atom stereocenters. The molecule has 0 bridgehead atoms. The third kappa shape index (κ3) is 2.17. The van der Waals surface area contributed by atoms with Gasteiger partial charge in [0.1, 0.15) is 3.70 Å². The van der Waals surface area contributed by atoms with E-state index >= 15 is 0 Å². The van der Waals surface area contributed by atoms with Crippen molar-refractivity contribution in [2.24, 2.45) is 5.73 Å². The van der Waals surface area contributed by atoms with Gasteiger partial charge in [-0.2, -0.15) is 0 Å². The van der Waals surface area contributed by atoms with Gasteiger partial charge in [0.15, 0.2) is 0 Å². The fourth-order valence-electron chi connectivity index (χ4n) is 1.15. The third-order valence-electron chi connectivity index (χ3n) is 1.93. The molecule has 3 heteroatoms. The van der Waals surface area contributed by atoms with Crippen molar-refractivity contribution in [1.82, 2.24) is 4.98 Å². The van der Waals surface area contributed by atoms with Crippen LogP contribution in [0.2, 0.25) is 0 Å². The Balaban J connectivity index is 3.01. The Morgan fingerprint density at radius 1 is 1.58 bits per heavy atom. The first-order valence-electron chi connectivity index (χ1n) is 4.03. The normalized spacial score (nSPS) is 13.0. The highest BCUT2D eigenvalue weighted by Crippen LogP contribution is 2.17. The zero-order valence-corrected chi connectivity index (χ0v) is 9.50. The number of pyridine rings is 1. The van der Waals surface area contributed by atoms with Crippen molar-refractivity contribution in [1.29, 1.82) is 0 Å². The van der Waals surface area contributed by atoms with Gasteiger partial charge in [-0.05, 0) is 47.6 Å². The summed E-state index contributed by atoms with van der Waals surface area (Å²) in [4.78, 5) is 4.35. The highest BCUT2D eigenvalue weighted by molar-refractivity contribution is 14.1. The first kappa shape index (κ1) is 9.92. The molecule has 0 amide bonds. The van der Waals surface area contributed by atoms with Crippen molar-refractivity contribution in [3.05, 3.63) is 27.1 Å². The minimum Gasteiger partial charge on any atom is -0.324 e. The van der Waals surface area contributed by atoms with Crippen molar-refractivity contribution in [3.63, 3.8) is 0 Å². The Labute approximate surface area is 86.7 Å². The first-order chi connectivity index (χ1) is 5.65. The van der Waals surface area contributed by atoms with Crippen LogP contribution in [0.15, 0.2) is 12.1 Å². The molecule has 0 aromatic carbocycles. The molecule has 1 aromatic heterocycles. The predicted molar refractivity (Wildman–Crippen MR) is 58.9 cm³/mol. The fourth-order valence-corrected chi connectivity index (χ4v) is 1.69. The predicted octanol–water partition coefficient (Wildman–Crippen LogP) is 2.40. The van der Waals surface area contributed by atoms with E-state index in [1.165, 1.54) is 0 Å². The van der Waals surface area contributed by atoms with Crippen molar-refractivity contribution in [2.45, 2.75) is 26.3 Å². The van der Waals surface area contributed by atoms with Gasteiger partial charge >= 0.3 is 0 Å². The van der Waals surface area contributed by atoms with Crippen molar-refractivity contribution < 1.29 is 0 Å². The second kappa shape index (κ2) is 4.18. The van der Waals surface area contributed by atoms with E-state index < -0.39 is 0 Å². The highest BCUT2D eigenvalue weighted by atomic mass is 127. The average Bonchev–Trinajstić information content (AvgIpc) is 2.03. The molecule has 1 heterocycles. The Hall–Kier alpha value is -0.160. The summed E-state index contributed by atoms with van der Waals surface area (Å²) >= 11 is 2.21. The topological polar surface area (TPSA) is 38.9 Å². The van der Waals surface area contributed by atoms with E-state index in [0.29, 0.717) is 0 Å². The lowest BCUT2D eigenvalue weighted by Gasteiger charge is -2.11. The van der Waals surface area contributed by atoms with Gasteiger partial charge in [0.05, 0.1) is 0 Å². The van der Waals surface area contributed by atoms with Crippen molar-refractivity contribution in [3.8, 4) is 0 Å². The number of aryl methyl sites for hydroxylation is 1. The van der Waals surface area contributed by atoms with E-state index in [1.807, 2.05) is 13.0 Å². The van der Waals surface area contributed by atoms with E-state index in [2.05, 4.69) is 40.6 Å². The van der Waals surface area contributed by atoms with E-state index in [9.17, 15) is 0 Å². The van der Waals surface area contributed by atoms with E-state index in [1.54, 1.807) is 0 Å². The Morgan fingerprint density at radius 3 is 2.75 bits per heavy atom. The molecule has 2 nitrogen and oxygen atoms in total. The van der Waals surface area contributed by atoms with E-state index in [-0.39, 0.29) is 6.04 Å². The van der Waals surface area contributed by atoms with Crippen LogP contribution in [0.5, 0.6) is 0 Å². The van der Waals surface area contributed by atoms with Crippen LogP contribution in [0.1, 0.15) is 30.6 Å². The maximum Gasteiger partial charge on any atom is 0.101 e. The summed E-state index contributed by atoms with van der Waals surface area (Å²) < 4.78 is 1.03. The number of nitrogens with two attached hydrogens (primary N) is 1. The summed E-state index contributed by atoms with van der Waals surface area (Å²) in [6, 6.07) is 4.20. The van der Waals surface area contributed by atoms with Crippen molar-refractivity contribution >= 4 is 22.6 Å². The minimum absolute atomic E-state index is 0.134. The van der Waals surface area contributed by atoms with E-state index in [0.717, 1.165) is 21.4 Å². The highest BCUT2D eigenvalue weighted by Gasteiger charge is 2.06. The Bertz CT molecular complexity index is 273. The maximum absolute atomic E-state index is 5.90. The Morgan fingerprint density at radius 2 is 2.25 bits per heavy atom. The van der Waals surface area contributed by atoms with Gasteiger partial charge in [-0.3, -0.25) is 0 Å². The molecule has 1 aromatic rings. The quantitative estimate of drug-likeness (QED) is 0.665. The molecule has 0 aliphatic heterocycles. The molecule has 0 saturated carbocycles. The first-order valence-corrected chi connectivity index (χ1v) is 5.11. The number of hydrogen-bond acceptors (Lipinski definition) is 2. The fraction of sp³-hybridized carbons (Fsp3) is 0.444. The molecule has 0 aliphatic rings. The zero-order chi connectivity index (χ0) is 9.14. The molecule has 66 valence electrons. The summed E-state index contributed by atoms with van der Waals surface area (Å²) in [6.07, 6.45) is 0.961. The van der Waals surface area contributed by atoms with Crippen LogP contribution >= 0.6 is 22.6 Å². The molecule has 0 radical (unpaired) electrons.